The molecule has 2 aromatic rings. The van der Waals surface area contributed by atoms with Crippen LogP contribution in [0, 0.1) is 12.8 Å². The molecule has 0 radical (unpaired) electrons. The summed E-state index contributed by atoms with van der Waals surface area (Å²) in [7, 11) is 0. The van der Waals surface area contributed by atoms with E-state index in [0.717, 1.165) is 37.6 Å². The van der Waals surface area contributed by atoms with Gasteiger partial charge in [0.05, 0.1) is 18.9 Å². The number of nitrogens with one attached hydrogen (secondary N) is 2. The molecule has 0 bridgehead atoms. The van der Waals surface area contributed by atoms with E-state index in [1.165, 1.54) is 24.8 Å². The molecule has 5 nitrogen and oxygen atoms in total. The lowest BCUT2D eigenvalue weighted by atomic mass is 9.94. The number of aromatic nitrogens is 2. The molecular formula is C18H26N4O. The van der Waals surface area contributed by atoms with Gasteiger partial charge in [0, 0.05) is 37.6 Å². The van der Waals surface area contributed by atoms with E-state index in [1.54, 1.807) is 0 Å². The van der Waals surface area contributed by atoms with E-state index in [9.17, 15) is 0 Å². The zero-order chi connectivity index (χ0) is 15.6. The van der Waals surface area contributed by atoms with Crippen molar-refractivity contribution in [1.82, 2.24) is 20.0 Å². The summed E-state index contributed by atoms with van der Waals surface area (Å²) in [5.41, 5.74) is 3.41. The molecule has 3 atom stereocenters. The maximum atomic E-state index is 5.65. The van der Waals surface area contributed by atoms with E-state index in [2.05, 4.69) is 46.5 Å². The molecule has 2 aliphatic rings. The van der Waals surface area contributed by atoms with Gasteiger partial charge in [-0.1, -0.05) is 6.42 Å². The lowest BCUT2D eigenvalue weighted by Gasteiger charge is -2.32. The average Bonchev–Trinajstić information content (AvgIpc) is 3.19. The van der Waals surface area contributed by atoms with Crippen LogP contribution in [0.15, 0.2) is 24.5 Å². The minimum absolute atomic E-state index is 0.507. The van der Waals surface area contributed by atoms with Crippen molar-refractivity contribution in [3.8, 4) is 0 Å². The number of morpholine rings is 1. The Hall–Kier alpha value is -1.43. The van der Waals surface area contributed by atoms with Gasteiger partial charge < -0.3 is 19.8 Å². The second kappa shape index (κ2) is 6.59. The Morgan fingerprint density at radius 1 is 1.43 bits per heavy atom. The topological polar surface area (TPSA) is 50.6 Å². The summed E-state index contributed by atoms with van der Waals surface area (Å²) in [6.45, 7) is 5.64. The van der Waals surface area contributed by atoms with E-state index in [4.69, 9.17) is 9.72 Å². The maximum Gasteiger partial charge on any atom is 0.137 e. The Labute approximate surface area is 137 Å². The van der Waals surface area contributed by atoms with Crippen LogP contribution in [0.3, 0.4) is 0 Å². The van der Waals surface area contributed by atoms with Crippen LogP contribution < -0.4 is 10.6 Å². The largest absolute Gasteiger partial charge is 0.379 e. The number of fused-ring (bicyclic) bond motifs is 1. The fraction of sp³-hybridized carbons (Fsp3) is 0.611. The molecule has 1 saturated heterocycles. The molecule has 0 spiro atoms. The highest BCUT2D eigenvalue weighted by atomic mass is 16.5. The van der Waals surface area contributed by atoms with Crippen LogP contribution in [0.5, 0.6) is 0 Å². The van der Waals surface area contributed by atoms with Crippen LogP contribution in [0.4, 0.5) is 0 Å². The number of ether oxygens (including phenoxy) is 1. The van der Waals surface area contributed by atoms with Crippen LogP contribution in [-0.2, 0) is 11.3 Å². The number of pyridine rings is 1. The molecule has 124 valence electrons. The Balaban J connectivity index is 1.40. The van der Waals surface area contributed by atoms with Crippen LogP contribution in [0.25, 0.3) is 5.65 Å². The van der Waals surface area contributed by atoms with Crippen molar-refractivity contribution < 1.29 is 4.74 Å². The predicted molar refractivity (Wildman–Crippen MR) is 90.5 cm³/mol. The Bertz CT molecular complexity index is 662. The van der Waals surface area contributed by atoms with E-state index in [1.807, 2.05) is 0 Å². The van der Waals surface area contributed by atoms with Gasteiger partial charge in [-0.3, -0.25) is 0 Å². The molecule has 1 aliphatic heterocycles. The van der Waals surface area contributed by atoms with Crippen molar-refractivity contribution in [1.29, 1.82) is 0 Å². The fourth-order valence-electron chi connectivity index (χ4n) is 4.04. The molecule has 0 aromatic carbocycles. The molecule has 4 rings (SSSR count). The lowest BCUT2D eigenvalue weighted by molar-refractivity contribution is 0.0524. The van der Waals surface area contributed by atoms with Gasteiger partial charge in [-0.2, -0.15) is 0 Å². The summed E-state index contributed by atoms with van der Waals surface area (Å²) in [4.78, 5) is 4.73. The third-order valence-electron chi connectivity index (χ3n) is 5.25. The molecular weight excluding hydrogens is 288 g/mol. The molecule has 3 heterocycles. The standard InChI is InChI=1S/C18H26N4O/c1-13-5-7-22-11-14(21-18(22)9-13)10-20-16-4-2-3-15(16)17-12-23-8-6-19-17/h5,7,9,11,15-17,19-20H,2-4,6,8,10,12H2,1H3. The monoisotopic (exact) mass is 314 g/mol. The number of rotatable bonds is 4. The summed E-state index contributed by atoms with van der Waals surface area (Å²) in [6.07, 6.45) is 8.08. The first kappa shape index (κ1) is 15.1. The predicted octanol–water partition coefficient (Wildman–Crippen LogP) is 1.89. The molecule has 2 fully saturated rings. The van der Waals surface area contributed by atoms with Gasteiger partial charge in [0.15, 0.2) is 0 Å². The smallest absolute Gasteiger partial charge is 0.137 e. The van der Waals surface area contributed by atoms with E-state index >= 15 is 0 Å². The summed E-state index contributed by atoms with van der Waals surface area (Å²) in [6, 6.07) is 5.33. The van der Waals surface area contributed by atoms with Crippen LogP contribution >= 0.6 is 0 Å². The Morgan fingerprint density at radius 2 is 2.39 bits per heavy atom. The summed E-state index contributed by atoms with van der Waals surface area (Å²) < 4.78 is 7.75. The summed E-state index contributed by atoms with van der Waals surface area (Å²) in [5, 5.41) is 7.38. The normalized spacial score (nSPS) is 28.5. The number of nitrogens with zero attached hydrogens (tertiary/aromatic N) is 2. The van der Waals surface area contributed by atoms with Gasteiger partial charge in [0.25, 0.3) is 0 Å². The minimum Gasteiger partial charge on any atom is -0.379 e. The average molecular weight is 314 g/mol. The highest BCUT2D eigenvalue weighted by Crippen LogP contribution is 2.29. The highest BCUT2D eigenvalue weighted by Gasteiger charge is 2.34. The molecule has 23 heavy (non-hydrogen) atoms. The van der Waals surface area contributed by atoms with Crippen molar-refractivity contribution in [3.05, 3.63) is 35.8 Å². The first-order valence-corrected chi connectivity index (χ1v) is 8.78. The number of hydrogen-bond acceptors (Lipinski definition) is 4. The molecule has 3 unspecified atom stereocenters. The van der Waals surface area contributed by atoms with E-state index in [-0.39, 0.29) is 0 Å². The van der Waals surface area contributed by atoms with Crippen molar-refractivity contribution in [2.45, 2.75) is 44.8 Å². The third kappa shape index (κ3) is 3.27. The van der Waals surface area contributed by atoms with Gasteiger partial charge in [0.1, 0.15) is 5.65 Å². The summed E-state index contributed by atoms with van der Waals surface area (Å²) in [5.74, 6) is 0.676. The van der Waals surface area contributed by atoms with Gasteiger partial charge in [-0.15, -0.1) is 0 Å². The van der Waals surface area contributed by atoms with Crippen LogP contribution in [-0.4, -0.2) is 41.2 Å². The van der Waals surface area contributed by atoms with Gasteiger partial charge in [-0.05, 0) is 43.4 Å². The quantitative estimate of drug-likeness (QED) is 0.905. The van der Waals surface area contributed by atoms with Crippen molar-refractivity contribution in [2.24, 2.45) is 5.92 Å². The minimum atomic E-state index is 0.507. The first-order chi connectivity index (χ1) is 11.3. The second-order valence-corrected chi connectivity index (χ2v) is 6.92. The Kier molecular flexibility index (Phi) is 4.33. The number of imidazole rings is 1. The first-order valence-electron chi connectivity index (χ1n) is 8.78. The fourth-order valence-corrected chi connectivity index (χ4v) is 4.04. The zero-order valence-corrected chi connectivity index (χ0v) is 13.8. The summed E-state index contributed by atoms with van der Waals surface area (Å²) >= 11 is 0. The van der Waals surface area contributed by atoms with E-state index in [0.29, 0.717) is 18.0 Å². The van der Waals surface area contributed by atoms with Crippen LogP contribution in [0.2, 0.25) is 0 Å². The molecule has 5 heteroatoms. The molecule has 0 amide bonds. The zero-order valence-electron chi connectivity index (χ0n) is 13.8. The number of aryl methyl sites for hydroxylation is 1. The SMILES string of the molecule is Cc1ccn2cc(CNC3CCCC3C3COCCN3)nc2c1. The van der Waals surface area contributed by atoms with Gasteiger partial charge >= 0.3 is 0 Å². The maximum absolute atomic E-state index is 5.65. The molecule has 2 N–H and O–H groups in total. The van der Waals surface area contributed by atoms with Crippen molar-refractivity contribution in [3.63, 3.8) is 0 Å². The van der Waals surface area contributed by atoms with Crippen molar-refractivity contribution in [2.75, 3.05) is 19.8 Å². The number of hydrogen-bond donors (Lipinski definition) is 2. The molecule has 1 saturated carbocycles. The van der Waals surface area contributed by atoms with Gasteiger partial charge in [0.2, 0.25) is 0 Å². The van der Waals surface area contributed by atoms with Gasteiger partial charge in [-0.25, -0.2) is 4.98 Å². The van der Waals surface area contributed by atoms with Crippen LogP contribution in [0.1, 0.15) is 30.5 Å². The highest BCUT2D eigenvalue weighted by molar-refractivity contribution is 5.42. The molecule has 1 aliphatic carbocycles. The third-order valence-corrected chi connectivity index (χ3v) is 5.25. The second-order valence-electron chi connectivity index (χ2n) is 6.92. The molecule has 2 aromatic heterocycles. The van der Waals surface area contributed by atoms with Crippen molar-refractivity contribution >= 4 is 5.65 Å². The Morgan fingerprint density at radius 3 is 3.26 bits per heavy atom. The van der Waals surface area contributed by atoms with E-state index < -0.39 is 0 Å². The lowest BCUT2D eigenvalue weighted by Crippen LogP contribution is -2.50.